The number of nitrogens with zero attached hydrogens (tertiary/aromatic N) is 4. The van der Waals surface area contributed by atoms with Gasteiger partial charge in [-0.2, -0.15) is 0 Å². The minimum atomic E-state index is 0.867. The Labute approximate surface area is 324 Å². The summed E-state index contributed by atoms with van der Waals surface area (Å²) in [4.78, 5) is 10.5. The van der Waals surface area contributed by atoms with Crippen LogP contribution in [0.1, 0.15) is 6.92 Å². The maximum Gasteiger partial charge on any atom is 0.141 e. The maximum atomic E-state index is 5.54. The van der Waals surface area contributed by atoms with Gasteiger partial charge >= 0.3 is 0 Å². The van der Waals surface area contributed by atoms with Crippen LogP contribution in [0.5, 0.6) is 0 Å². The van der Waals surface area contributed by atoms with Crippen molar-refractivity contribution in [2.24, 2.45) is 0 Å². The molecule has 264 valence electrons. The Kier molecular flexibility index (Phi) is 7.42. The fraction of sp³-hybridized carbons (Fsp3) is 0.0385. The van der Waals surface area contributed by atoms with E-state index >= 15 is 0 Å². The Morgan fingerprint density at radius 1 is 0.429 bits per heavy atom. The standard InChI is InChI=1S/C52H36N4/c1-2-55-47-23-12-10-21-45(47)53-52(55)38-30-26-35(27-31-38)34-24-28-36(29-25-34)40-19-13-20-43-48-44(49(54-50(40)43)37-14-5-3-6-15-37)33-32-42-41-18-9-11-22-46(41)56(51(42)48)39-16-7-4-8-17-39/h3-33H,2H2,1H3. The summed E-state index contributed by atoms with van der Waals surface area (Å²) in [5.74, 6) is 1.00. The van der Waals surface area contributed by atoms with Gasteiger partial charge in [0.25, 0.3) is 0 Å². The van der Waals surface area contributed by atoms with Gasteiger partial charge in [-0.15, -0.1) is 0 Å². The molecule has 11 aromatic rings. The van der Waals surface area contributed by atoms with E-state index in [4.69, 9.17) is 9.97 Å². The van der Waals surface area contributed by atoms with Gasteiger partial charge in [0.2, 0.25) is 0 Å². The third-order valence-corrected chi connectivity index (χ3v) is 11.3. The van der Waals surface area contributed by atoms with Gasteiger partial charge in [0.1, 0.15) is 5.82 Å². The third-order valence-electron chi connectivity index (χ3n) is 11.3. The molecule has 3 aromatic heterocycles. The first-order chi connectivity index (χ1) is 27.7. The molecule has 0 radical (unpaired) electrons. The molecule has 0 unspecified atom stereocenters. The lowest BCUT2D eigenvalue weighted by Crippen LogP contribution is -1.97. The molecular weight excluding hydrogens is 681 g/mol. The van der Waals surface area contributed by atoms with E-state index in [-0.39, 0.29) is 0 Å². The summed E-state index contributed by atoms with van der Waals surface area (Å²) in [6.07, 6.45) is 0. The molecule has 4 nitrogen and oxygen atoms in total. The second-order valence-corrected chi connectivity index (χ2v) is 14.4. The van der Waals surface area contributed by atoms with Crippen molar-refractivity contribution in [3.63, 3.8) is 0 Å². The summed E-state index contributed by atoms with van der Waals surface area (Å²) in [5.41, 5.74) is 14.5. The second kappa shape index (κ2) is 12.9. The normalized spacial score (nSPS) is 11.7. The Bertz CT molecular complexity index is 3250. The average Bonchev–Trinajstić information content (AvgIpc) is 3.82. The van der Waals surface area contributed by atoms with Crippen LogP contribution in [0.2, 0.25) is 0 Å². The Hall–Kier alpha value is -7.30. The fourth-order valence-electron chi connectivity index (χ4n) is 8.73. The van der Waals surface area contributed by atoms with Gasteiger partial charge in [0, 0.05) is 55.9 Å². The first kappa shape index (κ1) is 32.2. The zero-order chi connectivity index (χ0) is 37.2. The minimum Gasteiger partial charge on any atom is -0.324 e. The van der Waals surface area contributed by atoms with E-state index in [1.807, 2.05) is 0 Å². The van der Waals surface area contributed by atoms with Gasteiger partial charge in [-0.1, -0.05) is 158 Å². The second-order valence-electron chi connectivity index (χ2n) is 14.4. The van der Waals surface area contributed by atoms with Crippen LogP contribution in [-0.4, -0.2) is 19.1 Å². The van der Waals surface area contributed by atoms with Crippen LogP contribution in [0.15, 0.2) is 188 Å². The first-order valence-corrected chi connectivity index (χ1v) is 19.3. The number of hydrogen-bond donors (Lipinski definition) is 0. The molecule has 0 fully saturated rings. The highest BCUT2D eigenvalue weighted by atomic mass is 15.1. The van der Waals surface area contributed by atoms with Crippen LogP contribution < -0.4 is 0 Å². The molecule has 0 aliphatic rings. The predicted octanol–water partition coefficient (Wildman–Crippen LogP) is 13.5. The van der Waals surface area contributed by atoms with E-state index in [0.29, 0.717) is 0 Å². The number of imidazole rings is 1. The predicted molar refractivity (Wildman–Crippen MR) is 234 cm³/mol. The molecule has 0 bridgehead atoms. The highest BCUT2D eigenvalue weighted by Gasteiger charge is 2.21. The van der Waals surface area contributed by atoms with Crippen molar-refractivity contribution in [3.8, 4) is 50.6 Å². The van der Waals surface area contributed by atoms with Crippen LogP contribution in [0.25, 0.3) is 105 Å². The molecule has 4 heteroatoms. The average molecular weight is 717 g/mol. The molecule has 56 heavy (non-hydrogen) atoms. The van der Waals surface area contributed by atoms with Crippen LogP contribution in [-0.2, 0) is 6.54 Å². The quantitative estimate of drug-likeness (QED) is 0.161. The van der Waals surface area contributed by atoms with Crippen LogP contribution in [0.4, 0.5) is 0 Å². The first-order valence-electron chi connectivity index (χ1n) is 19.3. The van der Waals surface area contributed by atoms with E-state index < -0.39 is 0 Å². The number of pyridine rings is 1. The molecule has 0 atom stereocenters. The van der Waals surface area contributed by atoms with Crippen LogP contribution in [0.3, 0.4) is 0 Å². The number of fused-ring (bicyclic) bond motifs is 8. The molecule has 0 aliphatic carbocycles. The van der Waals surface area contributed by atoms with Crippen molar-refractivity contribution in [3.05, 3.63) is 188 Å². The highest BCUT2D eigenvalue weighted by molar-refractivity contribution is 6.27. The van der Waals surface area contributed by atoms with Crippen molar-refractivity contribution in [1.29, 1.82) is 0 Å². The molecule has 11 rings (SSSR count). The van der Waals surface area contributed by atoms with Crippen molar-refractivity contribution >= 4 is 54.5 Å². The Morgan fingerprint density at radius 3 is 1.79 bits per heavy atom. The van der Waals surface area contributed by atoms with E-state index in [0.717, 1.165) is 67.8 Å². The molecular formula is C52H36N4. The molecule has 0 aliphatic heterocycles. The summed E-state index contributed by atoms with van der Waals surface area (Å²) < 4.78 is 4.72. The number of hydrogen-bond acceptors (Lipinski definition) is 2. The van der Waals surface area contributed by atoms with Crippen molar-refractivity contribution in [2.75, 3.05) is 0 Å². The zero-order valence-corrected chi connectivity index (χ0v) is 30.9. The summed E-state index contributed by atoms with van der Waals surface area (Å²) in [7, 11) is 0. The fourth-order valence-corrected chi connectivity index (χ4v) is 8.73. The smallest absolute Gasteiger partial charge is 0.141 e. The van der Waals surface area contributed by atoms with E-state index in [1.54, 1.807) is 0 Å². The van der Waals surface area contributed by atoms with Gasteiger partial charge in [-0.05, 0) is 53.9 Å². The summed E-state index contributed by atoms with van der Waals surface area (Å²) in [5, 5.41) is 5.96. The molecule has 0 spiro atoms. The van der Waals surface area contributed by atoms with Gasteiger partial charge in [0.15, 0.2) is 0 Å². The van der Waals surface area contributed by atoms with E-state index in [9.17, 15) is 0 Å². The van der Waals surface area contributed by atoms with E-state index in [2.05, 4.69) is 204 Å². The Morgan fingerprint density at radius 2 is 1.04 bits per heavy atom. The van der Waals surface area contributed by atoms with Gasteiger partial charge in [-0.3, -0.25) is 0 Å². The SMILES string of the molecule is CCn1c(-c2ccc(-c3ccc(-c4cccc5c4nc(-c4ccccc4)c4ccc6c7ccccc7n(-c7ccccc7)c6c45)cc3)cc2)nc2ccccc21. The summed E-state index contributed by atoms with van der Waals surface area (Å²) >= 11 is 0. The topological polar surface area (TPSA) is 35.6 Å². The van der Waals surface area contributed by atoms with E-state index in [1.165, 1.54) is 43.8 Å². The summed E-state index contributed by atoms with van der Waals surface area (Å²) in [6, 6.07) is 67.4. The zero-order valence-electron chi connectivity index (χ0n) is 30.9. The summed E-state index contributed by atoms with van der Waals surface area (Å²) in [6.45, 7) is 3.04. The number of rotatable bonds is 6. The highest BCUT2D eigenvalue weighted by Crippen LogP contribution is 2.44. The van der Waals surface area contributed by atoms with Crippen molar-refractivity contribution in [1.82, 2.24) is 19.1 Å². The van der Waals surface area contributed by atoms with Crippen LogP contribution >= 0.6 is 0 Å². The minimum absolute atomic E-state index is 0.867. The van der Waals surface area contributed by atoms with Gasteiger partial charge < -0.3 is 9.13 Å². The number of benzene rings is 8. The van der Waals surface area contributed by atoms with Crippen molar-refractivity contribution < 1.29 is 0 Å². The largest absolute Gasteiger partial charge is 0.324 e. The molecule has 3 heterocycles. The van der Waals surface area contributed by atoms with Crippen molar-refractivity contribution in [2.45, 2.75) is 13.5 Å². The Balaban J connectivity index is 1.09. The number of aryl methyl sites for hydroxylation is 1. The van der Waals surface area contributed by atoms with Gasteiger partial charge in [-0.25, -0.2) is 9.97 Å². The number of aromatic nitrogens is 4. The maximum absolute atomic E-state index is 5.54. The lowest BCUT2D eigenvalue weighted by molar-refractivity contribution is 0.796. The molecule has 0 saturated carbocycles. The third kappa shape index (κ3) is 5.00. The monoisotopic (exact) mass is 716 g/mol. The molecule has 0 N–H and O–H groups in total. The lowest BCUT2D eigenvalue weighted by atomic mass is 9.93. The number of para-hydroxylation sites is 5. The van der Waals surface area contributed by atoms with Gasteiger partial charge in [0.05, 0.1) is 33.3 Å². The molecule has 0 amide bonds. The van der Waals surface area contributed by atoms with Crippen LogP contribution in [0, 0.1) is 0 Å². The lowest BCUT2D eigenvalue weighted by Gasteiger charge is -2.16. The molecule has 8 aromatic carbocycles. The molecule has 0 saturated heterocycles.